The number of rotatable bonds is 3. The highest BCUT2D eigenvalue weighted by Gasteiger charge is 2.04. The van der Waals surface area contributed by atoms with Gasteiger partial charge in [0.25, 0.3) is 6.43 Å². The van der Waals surface area contributed by atoms with Gasteiger partial charge in [-0.15, -0.1) is 6.42 Å². The van der Waals surface area contributed by atoms with Crippen molar-refractivity contribution >= 4 is 0 Å². The molecule has 0 fully saturated rings. The van der Waals surface area contributed by atoms with E-state index in [1.165, 1.54) is 4.90 Å². The van der Waals surface area contributed by atoms with E-state index < -0.39 is 6.43 Å². The minimum atomic E-state index is -2.29. The Morgan fingerprint density at radius 1 is 1.67 bits per heavy atom. The van der Waals surface area contributed by atoms with Crippen LogP contribution in [0.1, 0.15) is 0 Å². The number of hydrogen-bond acceptors (Lipinski definition) is 1. The first-order valence-corrected chi connectivity index (χ1v) is 2.57. The molecule has 9 heavy (non-hydrogen) atoms. The van der Waals surface area contributed by atoms with E-state index in [-0.39, 0.29) is 13.1 Å². The van der Waals surface area contributed by atoms with Gasteiger partial charge in [-0.05, 0) is 7.05 Å². The molecular formula is C6H9F2N. The zero-order chi connectivity index (χ0) is 7.28. The largest absolute Gasteiger partial charge is 0.290 e. The summed E-state index contributed by atoms with van der Waals surface area (Å²) in [4.78, 5) is 1.39. The van der Waals surface area contributed by atoms with Gasteiger partial charge in [-0.3, -0.25) is 4.90 Å². The van der Waals surface area contributed by atoms with Gasteiger partial charge >= 0.3 is 0 Å². The minimum Gasteiger partial charge on any atom is -0.290 e. The third kappa shape index (κ3) is 5.25. The number of terminal acetylenes is 1. The summed E-state index contributed by atoms with van der Waals surface area (Å²) >= 11 is 0. The van der Waals surface area contributed by atoms with Crippen LogP contribution in [-0.2, 0) is 0 Å². The maximum absolute atomic E-state index is 11.5. The van der Waals surface area contributed by atoms with Crippen molar-refractivity contribution in [1.29, 1.82) is 0 Å². The molecule has 0 aromatic carbocycles. The van der Waals surface area contributed by atoms with Crippen LogP contribution in [0.25, 0.3) is 0 Å². The molecule has 0 spiro atoms. The lowest BCUT2D eigenvalue weighted by Crippen LogP contribution is -2.24. The summed E-state index contributed by atoms with van der Waals surface area (Å²) in [7, 11) is 1.56. The van der Waals surface area contributed by atoms with Crippen molar-refractivity contribution in [2.75, 3.05) is 20.1 Å². The van der Waals surface area contributed by atoms with Crippen molar-refractivity contribution in [2.45, 2.75) is 6.43 Å². The standard InChI is InChI=1S/C6H9F2N/c1-3-4-9(2)5-6(7)8/h1,6H,4-5H2,2H3. The lowest BCUT2D eigenvalue weighted by Gasteiger charge is -2.10. The van der Waals surface area contributed by atoms with Crippen LogP contribution in [0, 0.1) is 12.3 Å². The Kier molecular flexibility index (Phi) is 3.98. The summed E-state index contributed by atoms with van der Waals surface area (Å²) in [6.07, 6.45) is 2.58. The summed E-state index contributed by atoms with van der Waals surface area (Å²) in [5, 5.41) is 0. The second-order valence-corrected chi connectivity index (χ2v) is 1.79. The first-order chi connectivity index (χ1) is 4.16. The molecule has 1 nitrogen and oxygen atoms in total. The van der Waals surface area contributed by atoms with Gasteiger partial charge in [-0.1, -0.05) is 5.92 Å². The van der Waals surface area contributed by atoms with Crippen LogP contribution >= 0.6 is 0 Å². The molecule has 0 aromatic rings. The van der Waals surface area contributed by atoms with Crippen molar-refractivity contribution in [3.63, 3.8) is 0 Å². The van der Waals surface area contributed by atoms with Crippen LogP contribution < -0.4 is 0 Å². The van der Waals surface area contributed by atoms with E-state index in [0.717, 1.165) is 0 Å². The van der Waals surface area contributed by atoms with Gasteiger partial charge in [0, 0.05) is 0 Å². The number of halogens is 2. The highest BCUT2D eigenvalue weighted by molar-refractivity contribution is 4.87. The van der Waals surface area contributed by atoms with Crippen molar-refractivity contribution < 1.29 is 8.78 Å². The maximum atomic E-state index is 11.5. The molecule has 0 saturated carbocycles. The SMILES string of the molecule is C#CCN(C)CC(F)F. The van der Waals surface area contributed by atoms with Gasteiger partial charge in [-0.2, -0.15) is 0 Å². The van der Waals surface area contributed by atoms with Crippen LogP contribution in [0.5, 0.6) is 0 Å². The molecule has 0 saturated heterocycles. The summed E-state index contributed by atoms with van der Waals surface area (Å²) in [6, 6.07) is 0. The van der Waals surface area contributed by atoms with Crippen LogP contribution in [0.3, 0.4) is 0 Å². The molecule has 52 valence electrons. The summed E-state index contributed by atoms with van der Waals surface area (Å²) in [5.41, 5.74) is 0. The Morgan fingerprint density at radius 3 is 2.56 bits per heavy atom. The predicted octanol–water partition coefficient (Wildman–Crippen LogP) is 0.817. The quantitative estimate of drug-likeness (QED) is 0.515. The molecule has 0 radical (unpaired) electrons. The zero-order valence-electron chi connectivity index (χ0n) is 5.27. The molecule has 0 amide bonds. The zero-order valence-corrected chi connectivity index (χ0v) is 5.27. The van der Waals surface area contributed by atoms with Gasteiger partial charge in [-0.25, -0.2) is 8.78 Å². The van der Waals surface area contributed by atoms with Crippen molar-refractivity contribution in [3.05, 3.63) is 0 Å². The molecule has 3 heteroatoms. The highest BCUT2D eigenvalue weighted by atomic mass is 19.3. The van der Waals surface area contributed by atoms with Gasteiger partial charge in [0.2, 0.25) is 0 Å². The van der Waals surface area contributed by atoms with Gasteiger partial charge < -0.3 is 0 Å². The number of alkyl halides is 2. The molecule has 0 heterocycles. The van der Waals surface area contributed by atoms with E-state index in [1.807, 2.05) is 0 Å². The molecule has 0 bridgehead atoms. The van der Waals surface area contributed by atoms with Gasteiger partial charge in [0.05, 0.1) is 13.1 Å². The number of hydrogen-bond donors (Lipinski definition) is 0. The van der Waals surface area contributed by atoms with Gasteiger partial charge in [0.1, 0.15) is 0 Å². The van der Waals surface area contributed by atoms with Gasteiger partial charge in [0.15, 0.2) is 0 Å². The van der Waals surface area contributed by atoms with Crippen LogP contribution in [0.15, 0.2) is 0 Å². The second kappa shape index (κ2) is 4.28. The Hall–Kier alpha value is -0.620. The van der Waals surface area contributed by atoms with Crippen LogP contribution in [-0.4, -0.2) is 31.5 Å². The van der Waals surface area contributed by atoms with E-state index >= 15 is 0 Å². The normalized spacial score (nSPS) is 10.2. The summed E-state index contributed by atoms with van der Waals surface area (Å²) in [6.45, 7) is 0.0363. The maximum Gasteiger partial charge on any atom is 0.251 e. The smallest absolute Gasteiger partial charge is 0.251 e. The molecule has 0 unspecified atom stereocenters. The van der Waals surface area contributed by atoms with Crippen LogP contribution in [0.4, 0.5) is 8.78 Å². The average molecular weight is 133 g/mol. The molecule has 0 aliphatic heterocycles. The fourth-order valence-electron chi connectivity index (χ4n) is 0.456. The third-order valence-electron chi connectivity index (χ3n) is 0.811. The number of nitrogens with zero attached hydrogens (tertiary/aromatic N) is 1. The molecule has 0 aliphatic rings. The average Bonchev–Trinajstić information content (AvgIpc) is 1.63. The Morgan fingerprint density at radius 2 is 2.22 bits per heavy atom. The molecule has 0 aliphatic carbocycles. The second-order valence-electron chi connectivity index (χ2n) is 1.79. The molecular weight excluding hydrogens is 124 g/mol. The first-order valence-electron chi connectivity index (χ1n) is 2.57. The lowest BCUT2D eigenvalue weighted by atomic mass is 10.5. The Balaban J connectivity index is 3.29. The molecule has 0 N–H and O–H groups in total. The fraction of sp³-hybridized carbons (Fsp3) is 0.667. The van der Waals surface area contributed by atoms with E-state index in [1.54, 1.807) is 7.05 Å². The van der Waals surface area contributed by atoms with Crippen molar-refractivity contribution in [2.24, 2.45) is 0 Å². The fourth-order valence-corrected chi connectivity index (χ4v) is 0.456. The topological polar surface area (TPSA) is 3.24 Å². The predicted molar refractivity (Wildman–Crippen MR) is 32.3 cm³/mol. The van der Waals surface area contributed by atoms with Crippen molar-refractivity contribution in [3.8, 4) is 12.3 Å². The summed E-state index contributed by atoms with van der Waals surface area (Å²) in [5.74, 6) is 2.27. The molecule has 0 aromatic heterocycles. The van der Waals surface area contributed by atoms with E-state index in [4.69, 9.17) is 6.42 Å². The molecule has 0 rings (SSSR count). The minimum absolute atomic E-state index is 0.246. The van der Waals surface area contributed by atoms with E-state index in [0.29, 0.717) is 0 Å². The third-order valence-corrected chi connectivity index (χ3v) is 0.811. The first kappa shape index (κ1) is 8.38. The molecule has 0 atom stereocenters. The lowest BCUT2D eigenvalue weighted by molar-refractivity contribution is 0.106. The monoisotopic (exact) mass is 133 g/mol. The van der Waals surface area contributed by atoms with Crippen molar-refractivity contribution in [1.82, 2.24) is 4.90 Å². The highest BCUT2D eigenvalue weighted by Crippen LogP contribution is 1.93. The van der Waals surface area contributed by atoms with E-state index in [9.17, 15) is 8.78 Å². The Labute approximate surface area is 53.7 Å². The van der Waals surface area contributed by atoms with E-state index in [2.05, 4.69) is 5.92 Å². The van der Waals surface area contributed by atoms with Crippen LogP contribution in [0.2, 0.25) is 0 Å². The Bertz CT molecular complexity index is 106. The summed E-state index contributed by atoms with van der Waals surface area (Å²) < 4.78 is 23.0.